The molecule has 8 nitrogen and oxygen atoms in total. The van der Waals surface area contributed by atoms with Gasteiger partial charge in [0, 0.05) is 17.1 Å². The monoisotopic (exact) mass is 513 g/mol. The van der Waals surface area contributed by atoms with E-state index in [2.05, 4.69) is 15.3 Å². The van der Waals surface area contributed by atoms with Gasteiger partial charge in [0.25, 0.3) is 0 Å². The minimum absolute atomic E-state index is 0.0446. The number of nitrogens with zero attached hydrogens (tertiary/aromatic N) is 3. The summed E-state index contributed by atoms with van der Waals surface area (Å²) in [4.78, 5) is 20.0. The maximum absolute atomic E-state index is 15.2. The normalized spacial score (nSPS) is 13.9. The van der Waals surface area contributed by atoms with E-state index in [4.69, 9.17) is 9.47 Å². The van der Waals surface area contributed by atoms with Crippen molar-refractivity contribution in [3.63, 3.8) is 0 Å². The summed E-state index contributed by atoms with van der Waals surface area (Å²) in [7, 11) is 2.46. The minimum Gasteiger partial charge on any atom is -0.496 e. The van der Waals surface area contributed by atoms with Crippen LogP contribution in [0.5, 0.6) is 5.75 Å². The van der Waals surface area contributed by atoms with E-state index in [1.165, 1.54) is 55.3 Å². The number of imidazole rings is 1. The first-order valence-electron chi connectivity index (χ1n) is 11.4. The van der Waals surface area contributed by atoms with Crippen LogP contribution in [0.2, 0.25) is 0 Å². The first kappa shape index (κ1) is 26.0. The van der Waals surface area contributed by atoms with Crippen molar-refractivity contribution in [2.75, 3.05) is 14.2 Å². The summed E-state index contributed by atoms with van der Waals surface area (Å²) >= 11 is 0. The highest BCUT2D eigenvalue weighted by Crippen LogP contribution is 2.50. The Kier molecular flexibility index (Phi) is 6.20. The molecule has 0 spiro atoms. The first-order valence-corrected chi connectivity index (χ1v) is 11.4. The maximum Gasteiger partial charge on any atom is 0.419 e. The van der Waals surface area contributed by atoms with Gasteiger partial charge in [-0.25, -0.2) is 9.78 Å². The number of halogens is 3. The Morgan fingerprint density at radius 1 is 1.19 bits per heavy atom. The first-order chi connectivity index (χ1) is 17.3. The lowest BCUT2D eigenvalue weighted by molar-refractivity contribution is -0.187. The van der Waals surface area contributed by atoms with E-state index in [1.54, 1.807) is 27.7 Å². The van der Waals surface area contributed by atoms with Crippen molar-refractivity contribution in [3.8, 4) is 11.8 Å². The Bertz CT molecular complexity index is 1560. The second kappa shape index (κ2) is 8.81. The predicted molar refractivity (Wildman–Crippen MR) is 132 cm³/mol. The van der Waals surface area contributed by atoms with Gasteiger partial charge in [0.15, 0.2) is 0 Å². The van der Waals surface area contributed by atoms with Crippen LogP contribution in [0.25, 0.3) is 21.9 Å². The molecule has 0 bridgehead atoms. The molecule has 2 aromatic heterocycles. The van der Waals surface area contributed by atoms with Crippen molar-refractivity contribution in [1.29, 1.82) is 5.26 Å². The number of H-pyrrole nitrogens is 1. The van der Waals surface area contributed by atoms with Gasteiger partial charge in [-0.1, -0.05) is 0 Å². The number of methoxy groups -OCH3 is 1. The molecule has 4 rings (SSSR count). The molecule has 0 saturated heterocycles. The Labute approximate surface area is 211 Å². The predicted octanol–water partition coefficient (Wildman–Crippen LogP) is 5.51. The van der Waals surface area contributed by atoms with Gasteiger partial charge in [-0.2, -0.15) is 18.4 Å². The van der Waals surface area contributed by atoms with Crippen molar-refractivity contribution in [2.45, 2.75) is 45.0 Å². The topological polar surface area (TPSA) is 105 Å². The second-order valence-electron chi connectivity index (χ2n) is 9.63. The molecule has 194 valence electrons. The fourth-order valence-electron chi connectivity index (χ4n) is 4.55. The number of fused-ring (bicyclic) bond motifs is 2. The molecular formula is C26H26F3N5O3. The molecule has 0 fully saturated rings. The van der Waals surface area contributed by atoms with Crippen molar-refractivity contribution < 1.29 is 27.4 Å². The van der Waals surface area contributed by atoms with Crippen molar-refractivity contribution in [3.05, 3.63) is 59.0 Å². The van der Waals surface area contributed by atoms with Gasteiger partial charge in [0.05, 0.1) is 35.3 Å². The Morgan fingerprint density at radius 3 is 2.46 bits per heavy atom. The zero-order valence-electron chi connectivity index (χ0n) is 21.2. The van der Waals surface area contributed by atoms with E-state index in [1.807, 2.05) is 6.07 Å². The molecule has 0 radical (unpaired) electrons. The van der Waals surface area contributed by atoms with Crippen molar-refractivity contribution in [1.82, 2.24) is 19.9 Å². The fraction of sp³-hybridized carbons (Fsp3) is 0.346. The van der Waals surface area contributed by atoms with Gasteiger partial charge in [-0.3, -0.25) is 9.88 Å². The summed E-state index contributed by atoms with van der Waals surface area (Å²) in [6, 6.07) is 9.24. The SMILES string of the molecule is CNC(c1nc2ccc(C#N)cc2[nH]1)(c1c(OC)cc(C)c2c1ccn2C(=O)OC(C)(C)C)C(F)(F)F. The van der Waals surface area contributed by atoms with Crippen LogP contribution in [0.3, 0.4) is 0 Å². The quantitative estimate of drug-likeness (QED) is 0.373. The van der Waals surface area contributed by atoms with Crippen molar-refractivity contribution in [2.24, 2.45) is 0 Å². The van der Waals surface area contributed by atoms with Gasteiger partial charge in [0.1, 0.15) is 17.2 Å². The van der Waals surface area contributed by atoms with Crippen LogP contribution in [0.15, 0.2) is 36.5 Å². The molecule has 0 aliphatic rings. The lowest BCUT2D eigenvalue weighted by Crippen LogP contribution is -2.54. The van der Waals surface area contributed by atoms with E-state index >= 15 is 13.2 Å². The average molecular weight is 514 g/mol. The van der Waals surface area contributed by atoms with Gasteiger partial charge in [-0.15, -0.1) is 0 Å². The van der Waals surface area contributed by atoms with Crippen molar-refractivity contribution >= 4 is 28.0 Å². The standard InChI is InChI=1S/C26H26F3N5O3/c1-14-11-19(36-6)20(16-9-10-34(21(14)16)23(35)37-24(2,3)4)25(31-5,26(27,28)29)22-32-17-8-7-15(13-30)12-18(17)33-22/h7-12,31H,1-6H3,(H,32,33). The summed E-state index contributed by atoms with van der Waals surface area (Å²) in [5.41, 5.74) is -2.39. The third-order valence-corrected chi connectivity index (χ3v) is 6.07. The molecule has 2 N–H and O–H groups in total. The molecule has 11 heteroatoms. The Balaban J connectivity index is 2.09. The molecule has 1 unspecified atom stereocenters. The molecular weight excluding hydrogens is 487 g/mol. The third-order valence-electron chi connectivity index (χ3n) is 6.07. The number of benzene rings is 2. The summed E-state index contributed by atoms with van der Waals surface area (Å²) in [6.07, 6.45) is -4.27. The number of alkyl halides is 3. The van der Waals surface area contributed by atoms with Crippen LogP contribution >= 0.6 is 0 Å². The molecule has 2 heterocycles. The van der Waals surface area contributed by atoms with E-state index in [0.29, 0.717) is 5.56 Å². The van der Waals surface area contributed by atoms with Gasteiger partial charge >= 0.3 is 12.3 Å². The number of nitrogens with one attached hydrogen (secondary N) is 2. The highest BCUT2D eigenvalue weighted by Gasteiger charge is 2.61. The summed E-state index contributed by atoms with van der Waals surface area (Å²) in [6.45, 7) is 6.78. The minimum atomic E-state index is -4.92. The zero-order valence-corrected chi connectivity index (χ0v) is 21.2. The molecule has 0 aliphatic carbocycles. The second-order valence-corrected chi connectivity index (χ2v) is 9.63. The van der Waals surface area contributed by atoms with E-state index in [0.717, 1.165) is 0 Å². The summed E-state index contributed by atoms with van der Waals surface area (Å²) < 4.78 is 57.8. The van der Waals surface area contributed by atoms with E-state index in [-0.39, 0.29) is 38.8 Å². The number of hydrogen-bond acceptors (Lipinski definition) is 6. The number of carbonyl (C=O) groups is 1. The van der Waals surface area contributed by atoms with Gasteiger partial charge in [-0.05, 0) is 70.6 Å². The number of carbonyl (C=O) groups excluding carboxylic acids is 1. The molecule has 1 atom stereocenters. The Morgan fingerprint density at radius 2 is 1.89 bits per heavy atom. The van der Waals surface area contributed by atoms with Gasteiger partial charge in [0.2, 0.25) is 5.54 Å². The summed E-state index contributed by atoms with van der Waals surface area (Å²) in [5.74, 6) is -0.488. The van der Waals surface area contributed by atoms with Crippen LogP contribution in [0.4, 0.5) is 18.0 Å². The average Bonchev–Trinajstić information content (AvgIpc) is 3.43. The number of rotatable bonds is 4. The number of aromatic amines is 1. The highest BCUT2D eigenvalue weighted by molar-refractivity contribution is 5.96. The molecule has 0 amide bonds. The molecule has 0 aliphatic heterocycles. The lowest BCUT2D eigenvalue weighted by Gasteiger charge is -2.36. The van der Waals surface area contributed by atoms with Crippen LogP contribution in [0, 0.1) is 18.3 Å². The number of ether oxygens (including phenoxy) is 2. The maximum atomic E-state index is 15.2. The highest BCUT2D eigenvalue weighted by atomic mass is 19.4. The fourth-order valence-corrected chi connectivity index (χ4v) is 4.55. The largest absolute Gasteiger partial charge is 0.496 e. The molecule has 4 aromatic rings. The van der Waals surface area contributed by atoms with Crippen LogP contribution in [0.1, 0.15) is 43.3 Å². The third kappa shape index (κ3) is 4.17. The van der Waals surface area contributed by atoms with E-state index in [9.17, 15) is 10.1 Å². The van der Waals surface area contributed by atoms with Gasteiger partial charge < -0.3 is 14.5 Å². The molecule has 37 heavy (non-hydrogen) atoms. The number of aryl methyl sites for hydroxylation is 1. The lowest BCUT2D eigenvalue weighted by atomic mass is 9.84. The van der Waals surface area contributed by atoms with Crippen LogP contribution < -0.4 is 10.1 Å². The van der Waals surface area contributed by atoms with Crippen LogP contribution in [-0.2, 0) is 10.3 Å². The summed E-state index contributed by atoms with van der Waals surface area (Å²) in [5, 5.41) is 11.8. The molecule has 0 saturated carbocycles. The smallest absolute Gasteiger partial charge is 0.419 e. The number of nitriles is 1. The van der Waals surface area contributed by atoms with E-state index < -0.39 is 29.2 Å². The number of aromatic nitrogens is 3. The molecule has 2 aromatic carbocycles. The Hall–Kier alpha value is -4.04. The van der Waals surface area contributed by atoms with Crippen LogP contribution in [-0.4, -0.2) is 46.6 Å². The number of hydrogen-bond donors (Lipinski definition) is 2. The zero-order chi connectivity index (χ0) is 27.3.